The normalized spacial score (nSPS) is 10.3. The van der Waals surface area contributed by atoms with Gasteiger partial charge in [0.05, 0.1) is 35.0 Å². The van der Waals surface area contributed by atoms with Crippen LogP contribution < -0.4 is 23.8 Å². The summed E-state index contributed by atoms with van der Waals surface area (Å²) in [5, 5.41) is 1.99. The van der Waals surface area contributed by atoms with Crippen LogP contribution in [-0.2, 0) is 6.54 Å². The zero-order valence-corrected chi connectivity index (χ0v) is 17.6. The summed E-state index contributed by atoms with van der Waals surface area (Å²) in [6.45, 7) is 0.444. The zero-order valence-electron chi connectivity index (χ0n) is 16.8. The van der Waals surface area contributed by atoms with E-state index >= 15 is 0 Å². The van der Waals surface area contributed by atoms with Gasteiger partial charge >= 0.3 is 0 Å². The molecule has 1 heterocycles. The summed E-state index contributed by atoms with van der Waals surface area (Å²) in [6, 6.07) is 14.7. The molecule has 0 atom stereocenters. The molecule has 0 bridgehead atoms. The predicted octanol–water partition coefficient (Wildman–Crippen LogP) is 4.63. The van der Waals surface area contributed by atoms with Crippen LogP contribution in [0.2, 0.25) is 0 Å². The number of hydrogen-bond donors (Lipinski definition) is 0. The van der Waals surface area contributed by atoms with Gasteiger partial charge in [0.2, 0.25) is 5.75 Å². The SMILES string of the molecule is COc1ccc(N(Cc2cccs2)C(=O)c2cc(OC)c(OC)c(OC)c2)cc1. The minimum Gasteiger partial charge on any atom is -0.497 e. The van der Waals surface area contributed by atoms with Crippen molar-refractivity contribution in [2.24, 2.45) is 0 Å². The van der Waals surface area contributed by atoms with Crippen molar-refractivity contribution in [1.29, 1.82) is 0 Å². The standard InChI is InChI=1S/C22H23NO5S/c1-25-17-9-7-16(8-10-17)23(14-18-6-5-11-29-18)22(24)15-12-19(26-2)21(28-4)20(13-15)27-3/h5-13H,14H2,1-4H3. The second-order valence-corrected chi connectivity index (χ2v) is 7.11. The number of rotatable bonds is 8. The molecule has 6 nitrogen and oxygen atoms in total. The van der Waals surface area contributed by atoms with Gasteiger partial charge in [0, 0.05) is 16.1 Å². The molecule has 0 unspecified atom stereocenters. The van der Waals surface area contributed by atoms with Gasteiger partial charge in [0.1, 0.15) is 5.75 Å². The Morgan fingerprint density at radius 1 is 0.897 bits per heavy atom. The Kier molecular flexibility index (Phi) is 6.61. The van der Waals surface area contributed by atoms with Crippen LogP contribution in [0.1, 0.15) is 15.2 Å². The highest BCUT2D eigenvalue weighted by molar-refractivity contribution is 7.09. The van der Waals surface area contributed by atoms with Gasteiger partial charge in [-0.15, -0.1) is 11.3 Å². The number of methoxy groups -OCH3 is 4. The lowest BCUT2D eigenvalue weighted by atomic mass is 10.1. The second-order valence-electron chi connectivity index (χ2n) is 6.08. The quantitative estimate of drug-likeness (QED) is 0.539. The first-order valence-electron chi connectivity index (χ1n) is 8.89. The largest absolute Gasteiger partial charge is 0.497 e. The predicted molar refractivity (Wildman–Crippen MR) is 114 cm³/mol. The van der Waals surface area contributed by atoms with Gasteiger partial charge in [-0.2, -0.15) is 0 Å². The van der Waals surface area contributed by atoms with Crippen molar-refractivity contribution in [3.63, 3.8) is 0 Å². The van der Waals surface area contributed by atoms with Gasteiger partial charge < -0.3 is 23.8 Å². The number of benzene rings is 2. The summed E-state index contributed by atoms with van der Waals surface area (Å²) in [7, 11) is 6.19. The Bertz CT molecular complexity index is 929. The third kappa shape index (κ3) is 4.46. The molecule has 0 saturated carbocycles. The number of amides is 1. The van der Waals surface area contributed by atoms with Gasteiger partial charge in [-0.1, -0.05) is 6.07 Å². The number of carbonyl (C=O) groups is 1. The summed E-state index contributed by atoms with van der Waals surface area (Å²) < 4.78 is 21.4. The molecule has 0 fully saturated rings. The molecule has 3 aromatic rings. The molecule has 2 aromatic carbocycles. The molecule has 1 aromatic heterocycles. The van der Waals surface area contributed by atoms with Gasteiger partial charge in [-0.3, -0.25) is 4.79 Å². The van der Waals surface area contributed by atoms with E-state index in [1.165, 1.54) is 21.3 Å². The fourth-order valence-electron chi connectivity index (χ4n) is 2.96. The molecule has 0 aliphatic rings. The van der Waals surface area contributed by atoms with Gasteiger partial charge in [0.15, 0.2) is 11.5 Å². The van der Waals surface area contributed by atoms with E-state index in [1.807, 2.05) is 41.8 Å². The molecule has 1 amide bonds. The molecule has 0 spiro atoms. The number of carbonyl (C=O) groups excluding carboxylic acids is 1. The molecule has 0 aliphatic carbocycles. The molecular formula is C22H23NO5S. The van der Waals surface area contributed by atoms with E-state index in [0.29, 0.717) is 29.4 Å². The minimum absolute atomic E-state index is 0.178. The maximum atomic E-state index is 13.5. The number of ether oxygens (including phenoxy) is 4. The van der Waals surface area contributed by atoms with Crippen LogP contribution in [-0.4, -0.2) is 34.3 Å². The highest BCUT2D eigenvalue weighted by Crippen LogP contribution is 2.39. The van der Waals surface area contributed by atoms with Crippen molar-refractivity contribution in [1.82, 2.24) is 0 Å². The molecule has 29 heavy (non-hydrogen) atoms. The van der Waals surface area contributed by atoms with Crippen molar-refractivity contribution in [3.8, 4) is 23.0 Å². The van der Waals surface area contributed by atoms with Crippen molar-refractivity contribution >= 4 is 22.9 Å². The van der Waals surface area contributed by atoms with E-state index in [4.69, 9.17) is 18.9 Å². The highest BCUT2D eigenvalue weighted by atomic mass is 32.1. The van der Waals surface area contributed by atoms with E-state index in [2.05, 4.69) is 0 Å². The minimum atomic E-state index is -0.178. The van der Waals surface area contributed by atoms with E-state index < -0.39 is 0 Å². The van der Waals surface area contributed by atoms with Crippen LogP contribution in [0.4, 0.5) is 5.69 Å². The lowest BCUT2D eigenvalue weighted by molar-refractivity contribution is 0.0984. The van der Waals surface area contributed by atoms with Gasteiger partial charge in [-0.25, -0.2) is 0 Å². The third-order valence-electron chi connectivity index (χ3n) is 4.43. The van der Waals surface area contributed by atoms with Crippen molar-refractivity contribution in [2.75, 3.05) is 33.3 Å². The highest BCUT2D eigenvalue weighted by Gasteiger charge is 2.23. The average molecular weight is 413 g/mol. The van der Waals surface area contributed by atoms with Crippen LogP contribution in [0.3, 0.4) is 0 Å². The Morgan fingerprint density at radius 3 is 2.03 bits per heavy atom. The van der Waals surface area contributed by atoms with Crippen LogP contribution in [0.15, 0.2) is 53.9 Å². The van der Waals surface area contributed by atoms with Crippen molar-refractivity contribution in [3.05, 3.63) is 64.4 Å². The number of thiophene rings is 1. The average Bonchev–Trinajstić information content (AvgIpc) is 3.29. The fourth-order valence-corrected chi connectivity index (χ4v) is 3.65. The summed E-state index contributed by atoms with van der Waals surface area (Å²) >= 11 is 1.60. The number of hydrogen-bond acceptors (Lipinski definition) is 6. The summed E-state index contributed by atoms with van der Waals surface area (Å²) in [6.07, 6.45) is 0. The van der Waals surface area contributed by atoms with Crippen molar-refractivity contribution in [2.45, 2.75) is 6.54 Å². The molecule has 0 aliphatic heterocycles. The van der Waals surface area contributed by atoms with Crippen LogP contribution in [0.25, 0.3) is 0 Å². The number of nitrogens with zero attached hydrogens (tertiary/aromatic N) is 1. The molecule has 152 valence electrons. The molecule has 0 saturated heterocycles. The van der Waals surface area contributed by atoms with E-state index in [0.717, 1.165) is 16.3 Å². The first kappa shape index (κ1) is 20.5. The third-order valence-corrected chi connectivity index (χ3v) is 5.30. The second kappa shape index (κ2) is 9.34. The lowest BCUT2D eigenvalue weighted by Gasteiger charge is -2.23. The van der Waals surface area contributed by atoms with Crippen LogP contribution in [0, 0.1) is 0 Å². The number of anilines is 1. The van der Waals surface area contributed by atoms with E-state index in [9.17, 15) is 4.79 Å². The summed E-state index contributed by atoms with van der Waals surface area (Å²) in [5.74, 6) is 1.86. The zero-order chi connectivity index (χ0) is 20.8. The Balaban J connectivity index is 2.03. The smallest absolute Gasteiger partial charge is 0.258 e. The monoisotopic (exact) mass is 413 g/mol. The first-order chi connectivity index (χ1) is 14.1. The summed E-state index contributed by atoms with van der Waals surface area (Å²) in [4.78, 5) is 16.3. The molecule has 0 N–H and O–H groups in total. The fraction of sp³-hybridized carbons (Fsp3) is 0.227. The maximum absolute atomic E-state index is 13.5. The van der Waals surface area contributed by atoms with Crippen molar-refractivity contribution < 1.29 is 23.7 Å². The van der Waals surface area contributed by atoms with E-state index in [1.54, 1.807) is 35.5 Å². The first-order valence-corrected chi connectivity index (χ1v) is 9.77. The maximum Gasteiger partial charge on any atom is 0.258 e. The topological polar surface area (TPSA) is 57.2 Å². The lowest BCUT2D eigenvalue weighted by Crippen LogP contribution is -2.30. The Labute approximate surface area is 174 Å². The molecular weight excluding hydrogens is 390 g/mol. The Hall–Kier alpha value is -3.19. The summed E-state index contributed by atoms with van der Waals surface area (Å²) in [5.41, 5.74) is 1.20. The molecule has 7 heteroatoms. The van der Waals surface area contributed by atoms with Gasteiger partial charge in [-0.05, 0) is 47.8 Å². The van der Waals surface area contributed by atoms with Gasteiger partial charge in [0.25, 0.3) is 5.91 Å². The van der Waals surface area contributed by atoms with E-state index in [-0.39, 0.29) is 5.91 Å². The molecule has 3 rings (SSSR count). The van der Waals surface area contributed by atoms with Crippen LogP contribution in [0.5, 0.6) is 23.0 Å². The van der Waals surface area contributed by atoms with Crippen LogP contribution >= 0.6 is 11.3 Å². The Morgan fingerprint density at radius 2 is 1.55 bits per heavy atom. The molecule has 0 radical (unpaired) electrons.